The minimum Gasteiger partial charge on any atom is -0.391 e. The zero-order valence-electron chi connectivity index (χ0n) is 11.2. The average Bonchev–Trinajstić information content (AvgIpc) is 2.54. The molecule has 2 nitrogen and oxygen atoms in total. The highest BCUT2D eigenvalue weighted by Crippen LogP contribution is 2.33. The second kappa shape index (κ2) is 5.16. The number of aliphatic hydroxyl groups excluding tert-OH is 1. The number of rotatable bonds is 1. The van der Waals surface area contributed by atoms with Crippen LogP contribution in [0.15, 0.2) is 54.6 Å². The molecule has 0 spiro atoms. The molecule has 0 bridgehead atoms. The Bertz CT molecular complexity index is 552. The van der Waals surface area contributed by atoms with Gasteiger partial charge in [-0.2, -0.15) is 0 Å². The van der Waals surface area contributed by atoms with Crippen molar-refractivity contribution in [2.45, 2.75) is 18.6 Å². The number of likely N-dealkylation sites (N-methyl/N-ethyl adjacent to an activating group) is 1. The van der Waals surface area contributed by atoms with Crippen molar-refractivity contribution in [1.82, 2.24) is 4.90 Å². The van der Waals surface area contributed by atoms with E-state index in [0.717, 1.165) is 6.54 Å². The van der Waals surface area contributed by atoms with E-state index in [1.807, 2.05) is 18.2 Å². The van der Waals surface area contributed by atoms with Crippen molar-refractivity contribution in [3.8, 4) is 0 Å². The molecule has 0 unspecified atom stereocenters. The summed E-state index contributed by atoms with van der Waals surface area (Å²) < 4.78 is 0. The fourth-order valence-corrected chi connectivity index (χ4v) is 3.03. The molecular formula is C17H19NO. The van der Waals surface area contributed by atoms with Crippen LogP contribution in [0.1, 0.15) is 22.6 Å². The highest BCUT2D eigenvalue weighted by atomic mass is 16.3. The van der Waals surface area contributed by atoms with E-state index in [1.54, 1.807) is 0 Å². The quantitative estimate of drug-likeness (QED) is 0.844. The minimum atomic E-state index is -0.365. The normalized spacial score (nSPS) is 23.7. The Morgan fingerprint density at radius 1 is 1.00 bits per heavy atom. The van der Waals surface area contributed by atoms with Crippen LogP contribution in [0.5, 0.6) is 0 Å². The van der Waals surface area contributed by atoms with E-state index in [-0.39, 0.29) is 12.0 Å². The molecule has 1 aliphatic heterocycles. The van der Waals surface area contributed by atoms with E-state index in [4.69, 9.17) is 0 Å². The SMILES string of the molecule is CN1Cc2ccccc2[C@@H](c2ccccc2)[C@H](O)C1. The first-order valence-electron chi connectivity index (χ1n) is 6.75. The van der Waals surface area contributed by atoms with Gasteiger partial charge in [-0.25, -0.2) is 0 Å². The van der Waals surface area contributed by atoms with Crippen molar-refractivity contribution in [2.24, 2.45) is 0 Å². The smallest absolute Gasteiger partial charge is 0.0776 e. The topological polar surface area (TPSA) is 23.5 Å². The summed E-state index contributed by atoms with van der Waals surface area (Å²) in [6.45, 7) is 1.60. The van der Waals surface area contributed by atoms with Crippen LogP contribution >= 0.6 is 0 Å². The summed E-state index contributed by atoms with van der Waals surface area (Å²) in [6, 6.07) is 18.8. The molecule has 2 aromatic rings. The molecule has 0 saturated carbocycles. The number of nitrogens with zero attached hydrogens (tertiary/aromatic N) is 1. The van der Waals surface area contributed by atoms with Crippen molar-refractivity contribution >= 4 is 0 Å². The number of aliphatic hydroxyl groups is 1. The van der Waals surface area contributed by atoms with E-state index < -0.39 is 0 Å². The summed E-state index contributed by atoms with van der Waals surface area (Å²) in [4.78, 5) is 2.19. The van der Waals surface area contributed by atoms with Gasteiger partial charge in [-0.05, 0) is 23.7 Å². The maximum Gasteiger partial charge on any atom is 0.0776 e. The summed E-state index contributed by atoms with van der Waals surface area (Å²) >= 11 is 0. The summed E-state index contributed by atoms with van der Waals surface area (Å²) in [5, 5.41) is 10.6. The Morgan fingerprint density at radius 3 is 2.47 bits per heavy atom. The van der Waals surface area contributed by atoms with Crippen molar-refractivity contribution in [3.05, 3.63) is 71.3 Å². The molecule has 0 amide bonds. The van der Waals surface area contributed by atoms with Crippen LogP contribution in [0.4, 0.5) is 0 Å². The number of hydrogen-bond acceptors (Lipinski definition) is 2. The van der Waals surface area contributed by atoms with Gasteiger partial charge in [0, 0.05) is 19.0 Å². The average molecular weight is 253 g/mol. The van der Waals surface area contributed by atoms with Gasteiger partial charge < -0.3 is 5.11 Å². The molecule has 0 saturated heterocycles. The van der Waals surface area contributed by atoms with E-state index in [9.17, 15) is 5.11 Å². The van der Waals surface area contributed by atoms with Crippen molar-refractivity contribution in [1.29, 1.82) is 0 Å². The lowest BCUT2D eigenvalue weighted by Crippen LogP contribution is -2.30. The zero-order chi connectivity index (χ0) is 13.2. The predicted octanol–water partition coefficient (Wildman–Crippen LogP) is 2.62. The summed E-state index contributed by atoms with van der Waals surface area (Å²) in [6.07, 6.45) is -0.365. The minimum absolute atomic E-state index is 0.0716. The second-order valence-electron chi connectivity index (χ2n) is 5.35. The summed E-state index contributed by atoms with van der Waals surface area (Å²) in [7, 11) is 2.06. The highest BCUT2D eigenvalue weighted by Gasteiger charge is 2.29. The lowest BCUT2D eigenvalue weighted by Gasteiger charge is -2.23. The molecule has 98 valence electrons. The van der Waals surface area contributed by atoms with Gasteiger partial charge in [0.1, 0.15) is 0 Å². The Hall–Kier alpha value is -1.64. The number of fused-ring (bicyclic) bond motifs is 1. The predicted molar refractivity (Wildman–Crippen MR) is 77.1 cm³/mol. The number of β-amino-alcohol motifs (C(OH)–C–C–N with tert-alkyl or cyclic N) is 1. The number of hydrogen-bond donors (Lipinski definition) is 1. The Balaban J connectivity index is 2.11. The molecule has 2 heteroatoms. The highest BCUT2D eigenvalue weighted by molar-refractivity contribution is 5.40. The van der Waals surface area contributed by atoms with Gasteiger partial charge in [0.05, 0.1) is 6.10 Å². The van der Waals surface area contributed by atoms with Gasteiger partial charge in [0.15, 0.2) is 0 Å². The van der Waals surface area contributed by atoms with Crippen LogP contribution in [-0.4, -0.2) is 29.7 Å². The summed E-state index contributed by atoms with van der Waals surface area (Å²) in [5.41, 5.74) is 3.76. The first-order chi connectivity index (χ1) is 9.25. The van der Waals surface area contributed by atoms with E-state index >= 15 is 0 Å². The van der Waals surface area contributed by atoms with Gasteiger partial charge in [-0.15, -0.1) is 0 Å². The van der Waals surface area contributed by atoms with Crippen molar-refractivity contribution in [2.75, 3.05) is 13.6 Å². The monoisotopic (exact) mass is 253 g/mol. The zero-order valence-corrected chi connectivity index (χ0v) is 11.2. The van der Waals surface area contributed by atoms with Crippen LogP contribution in [0.2, 0.25) is 0 Å². The maximum absolute atomic E-state index is 10.6. The van der Waals surface area contributed by atoms with Crippen LogP contribution in [-0.2, 0) is 6.54 Å². The summed E-state index contributed by atoms with van der Waals surface area (Å²) in [5.74, 6) is 0.0716. The van der Waals surface area contributed by atoms with E-state index in [1.165, 1.54) is 16.7 Å². The Labute approximate surface area is 114 Å². The molecule has 3 rings (SSSR count). The molecule has 19 heavy (non-hydrogen) atoms. The molecule has 0 aliphatic carbocycles. The van der Waals surface area contributed by atoms with Gasteiger partial charge >= 0.3 is 0 Å². The van der Waals surface area contributed by atoms with Crippen LogP contribution < -0.4 is 0 Å². The second-order valence-corrected chi connectivity index (χ2v) is 5.35. The first-order valence-corrected chi connectivity index (χ1v) is 6.75. The Morgan fingerprint density at radius 2 is 1.68 bits per heavy atom. The van der Waals surface area contributed by atoms with Gasteiger partial charge in [-0.1, -0.05) is 54.6 Å². The van der Waals surface area contributed by atoms with Crippen molar-refractivity contribution in [3.63, 3.8) is 0 Å². The van der Waals surface area contributed by atoms with E-state index in [0.29, 0.717) is 6.54 Å². The molecule has 1 N–H and O–H groups in total. The van der Waals surface area contributed by atoms with Gasteiger partial charge in [0.25, 0.3) is 0 Å². The standard InChI is InChI=1S/C17H19NO/c1-18-11-14-9-5-6-10-15(14)17(16(19)12-18)13-7-3-2-4-8-13/h2-10,16-17,19H,11-12H2,1H3/t16-,17-/m1/s1. The fraction of sp³-hybridized carbons (Fsp3) is 0.294. The third-order valence-electron chi connectivity index (χ3n) is 3.87. The number of benzene rings is 2. The first kappa shape index (κ1) is 12.4. The largest absolute Gasteiger partial charge is 0.391 e. The molecule has 1 heterocycles. The fourth-order valence-electron chi connectivity index (χ4n) is 3.03. The lowest BCUT2D eigenvalue weighted by molar-refractivity contribution is 0.116. The van der Waals surface area contributed by atoms with Crippen LogP contribution in [0.25, 0.3) is 0 Å². The van der Waals surface area contributed by atoms with Crippen LogP contribution in [0.3, 0.4) is 0 Å². The molecule has 0 fully saturated rings. The van der Waals surface area contributed by atoms with E-state index in [2.05, 4.69) is 48.3 Å². The molecule has 2 atom stereocenters. The molecule has 2 aromatic carbocycles. The van der Waals surface area contributed by atoms with Crippen LogP contribution in [0, 0.1) is 0 Å². The van der Waals surface area contributed by atoms with Crippen molar-refractivity contribution < 1.29 is 5.11 Å². The molecular weight excluding hydrogens is 234 g/mol. The van der Waals surface area contributed by atoms with Gasteiger partial charge in [0.2, 0.25) is 0 Å². The molecule has 0 aromatic heterocycles. The lowest BCUT2D eigenvalue weighted by atomic mass is 9.85. The third-order valence-corrected chi connectivity index (χ3v) is 3.87. The maximum atomic E-state index is 10.6. The third kappa shape index (κ3) is 2.42. The molecule has 1 aliphatic rings. The Kier molecular flexibility index (Phi) is 3.36. The van der Waals surface area contributed by atoms with Gasteiger partial charge in [-0.3, -0.25) is 4.90 Å². The molecule has 0 radical (unpaired) electrons.